The lowest BCUT2D eigenvalue weighted by Gasteiger charge is -2.24. The number of carbonyl (C=O) groups is 1. The summed E-state index contributed by atoms with van der Waals surface area (Å²) in [4.78, 5) is 14.6. The van der Waals surface area contributed by atoms with Crippen LogP contribution in [0.1, 0.15) is 50.9 Å². The molecule has 1 fully saturated rings. The summed E-state index contributed by atoms with van der Waals surface area (Å²) in [5.74, 6) is 0.571. The number of hydrogen-bond donors (Lipinski definition) is 1. The Kier molecular flexibility index (Phi) is 4.81. The molecule has 2 rings (SSSR count). The molecular formula is C17H26N2O. The van der Waals surface area contributed by atoms with Crippen LogP contribution in [0.25, 0.3) is 0 Å². The quantitative estimate of drug-likeness (QED) is 0.894. The molecule has 2 atom stereocenters. The third-order valence-electron chi connectivity index (χ3n) is 3.98. The molecular weight excluding hydrogens is 248 g/mol. The molecule has 1 aliphatic rings. The fourth-order valence-electron chi connectivity index (χ4n) is 2.80. The third-order valence-corrected chi connectivity index (χ3v) is 3.98. The first-order chi connectivity index (χ1) is 9.54. The molecule has 20 heavy (non-hydrogen) atoms. The second kappa shape index (κ2) is 6.40. The van der Waals surface area contributed by atoms with Crippen molar-refractivity contribution in [2.75, 3.05) is 6.54 Å². The minimum absolute atomic E-state index is 0.0290. The van der Waals surface area contributed by atoms with Crippen LogP contribution in [0.2, 0.25) is 0 Å². The van der Waals surface area contributed by atoms with Crippen LogP contribution < -0.4 is 5.32 Å². The maximum Gasteiger partial charge on any atom is 0.241 e. The van der Waals surface area contributed by atoms with Crippen molar-refractivity contribution in [3.8, 4) is 0 Å². The number of benzene rings is 1. The highest BCUT2D eigenvalue weighted by atomic mass is 16.2. The molecule has 1 saturated heterocycles. The Morgan fingerprint density at radius 1 is 1.35 bits per heavy atom. The summed E-state index contributed by atoms with van der Waals surface area (Å²) in [7, 11) is 0. The highest BCUT2D eigenvalue weighted by Gasteiger charge is 2.40. The van der Waals surface area contributed by atoms with Crippen molar-refractivity contribution < 1.29 is 4.79 Å². The van der Waals surface area contributed by atoms with E-state index in [4.69, 9.17) is 0 Å². The molecule has 1 aromatic carbocycles. The van der Waals surface area contributed by atoms with Crippen molar-refractivity contribution in [1.29, 1.82) is 0 Å². The first-order valence-corrected chi connectivity index (χ1v) is 7.67. The first-order valence-electron chi connectivity index (χ1n) is 7.67. The van der Waals surface area contributed by atoms with Gasteiger partial charge in [0.05, 0.1) is 6.04 Å². The average molecular weight is 274 g/mol. The van der Waals surface area contributed by atoms with E-state index in [1.54, 1.807) is 0 Å². The summed E-state index contributed by atoms with van der Waals surface area (Å²) in [6.45, 7) is 9.30. The normalized spacial score (nSPS) is 22.9. The van der Waals surface area contributed by atoms with Gasteiger partial charge in [0, 0.05) is 6.54 Å². The maximum atomic E-state index is 12.6. The van der Waals surface area contributed by atoms with Crippen LogP contribution in [0, 0.1) is 12.8 Å². The Hall–Kier alpha value is -1.35. The average Bonchev–Trinajstić information content (AvgIpc) is 2.74. The van der Waals surface area contributed by atoms with Gasteiger partial charge in [-0.05, 0) is 24.8 Å². The van der Waals surface area contributed by atoms with Crippen LogP contribution in [0.4, 0.5) is 0 Å². The molecule has 1 heterocycles. The van der Waals surface area contributed by atoms with Gasteiger partial charge in [0.2, 0.25) is 5.91 Å². The molecule has 0 spiro atoms. The number of hydrogen-bond acceptors (Lipinski definition) is 2. The molecule has 0 aromatic heterocycles. The second-order valence-corrected chi connectivity index (χ2v) is 6.09. The van der Waals surface area contributed by atoms with Crippen molar-refractivity contribution in [3.05, 3.63) is 35.4 Å². The van der Waals surface area contributed by atoms with Crippen LogP contribution in [-0.2, 0) is 4.79 Å². The Morgan fingerprint density at radius 2 is 2.10 bits per heavy atom. The van der Waals surface area contributed by atoms with E-state index >= 15 is 0 Å². The molecule has 0 radical (unpaired) electrons. The minimum Gasteiger partial charge on any atom is -0.322 e. The van der Waals surface area contributed by atoms with E-state index in [-0.39, 0.29) is 18.1 Å². The van der Waals surface area contributed by atoms with E-state index in [0.717, 1.165) is 19.4 Å². The van der Waals surface area contributed by atoms with E-state index in [2.05, 4.69) is 57.3 Å². The molecule has 0 saturated carbocycles. The van der Waals surface area contributed by atoms with Crippen LogP contribution in [0.15, 0.2) is 24.3 Å². The predicted octanol–water partition coefficient (Wildman–Crippen LogP) is 3.25. The van der Waals surface area contributed by atoms with Crippen molar-refractivity contribution in [1.82, 2.24) is 10.2 Å². The van der Waals surface area contributed by atoms with Crippen LogP contribution in [0.3, 0.4) is 0 Å². The number of carbonyl (C=O) groups excluding carboxylic acids is 1. The monoisotopic (exact) mass is 274 g/mol. The number of aryl methyl sites for hydroxylation is 1. The van der Waals surface area contributed by atoms with Crippen LogP contribution in [-0.4, -0.2) is 23.4 Å². The lowest BCUT2D eigenvalue weighted by atomic mass is 10.0. The molecule has 1 N–H and O–H groups in total. The molecule has 0 aliphatic carbocycles. The van der Waals surface area contributed by atoms with Gasteiger partial charge >= 0.3 is 0 Å². The number of nitrogens with zero attached hydrogens (tertiary/aromatic N) is 1. The maximum absolute atomic E-state index is 12.6. The summed E-state index contributed by atoms with van der Waals surface area (Å²) in [6, 6.07) is 8.39. The molecule has 1 aromatic rings. The van der Waals surface area contributed by atoms with E-state index in [9.17, 15) is 4.79 Å². The van der Waals surface area contributed by atoms with Gasteiger partial charge in [0.25, 0.3) is 0 Å². The number of nitrogens with one attached hydrogen (secondary N) is 1. The predicted molar refractivity (Wildman–Crippen MR) is 82.3 cm³/mol. The zero-order chi connectivity index (χ0) is 14.7. The van der Waals surface area contributed by atoms with Gasteiger partial charge < -0.3 is 4.90 Å². The summed E-state index contributed by atoms with van der Waals surface area (Å²) < 4.78 is 0. The summed E-state index contributed by atoms with van der Waals surface area (Å²) in [5.41, 5.74) is 2.43. The van der Waals surface area contributed by atoms with E-state index in [0.29, 0.717) is 5.92 Å². The summed E-state index contributed by atoms with van der Waals surface area (Å²) >= 11 is 0. The topological polar surface area (TPSA) is 32.3 Å². The van der Waals surface area contributed by atoms with Crippen LogP contribution >= 0.6 is 0 Å². The second-order valence-electron chi connectivity index (χ2n) is 6.09. The Balaban J connectivity index is 2.26. The standard InChI is InChI=1S/C17H26N2O/c1-5-6-10-19-16(14-9-7-8-13(4)11-14)18-15(12(2)3)17(19)20/h7-9,11-12,15-16,18H,5-6,10H2,1-4H3. The Labute approximate surface area is 122 Å². The smallest absolute Gasteiger partial charge is 0.241 e. The Morgan fingerprint density at radius 3 is 2.70 bits per heavy atom. The largest absolute Gasteiger partial charge is 0.322 e. The summed E-state index contributed by atoms with van der Waals surface area (Å²) in [6.07, 6.45) is 2.19. The molecule has 110 valence electrons. The summed E-state index contributed by atoms with van der Waals surface area (Å²) in [5, 5.41) is 3.52. The molecule has 0 bridgehead atoms. The van der Waals surface area contributed by atoms with Gasteiger partial charge in [-0.3, -0.25) is 10.1 Å². The molecule has 2 unspecified atom stereocenters. The molecule has 3 heteroatoms. The van der Waals surface area contributed by atoms with E-state index < -0.39 is 0 Å². The fraction of sp³-hybridized carbons (Fsp3) is 0.588. The van der Waals surface area contributed by atoms with Gasteiger partial charge in [-0.2, -0.15) is 0 Å². The SMILES string of the molecule is CCCCN1C(=O)C(C(C)C)NC1c1cccc(C)c1. The van der Waals surface area contributed by atoms with Gasteiger partial charge in [0.1, 0.15) is 6.17 Å². The zero-order valence-corrected chi connectivity index (χ0v) is 13.0. The van der Waals surface area contributed by atoms with Crippen molar-refractivity contribution in [2.24, 2.45) is 5.92 Å². The highest BCUT2D eigenvalue weighted by Crippen LogP contribution is 2.28. The highest BCUT2D eigenvalue weighted by molar-refractivity contribution is 5.84. The third kappa shape index (κ3) is 3.04. The lowest BCUT2D eigenvalue weighted by molar-refractivity contribution is -0.130. The number of unbranched alkanes of at least 4 members (excludes halogenated alkanes) is 1. The number of amides is 1. The molecule has 1 amide bonds. The first kappa shape index (κ1) is 15.0. The van der Waals surface area contributed by atoms with Crippen LogP contribution in [0.5, 0.6) is 0 Å². The van der Waals surface area contributed by atoms with Gasteiger partial charge in [-0.1, -0.05) is 57.0 Å². The lowest BCUT2D eigenvalue weighted by Crippen LogP contribution is -2.34. The fourth-order valence-corrected chi connectivity index (χ4v) is 2.80. The van der Waals surface area contributed by atoms with Gasteiger partial charge in [0.15, 0.2) is 0 Å². The van der Waals surface area contributed by atoms with Crippen molar-refractivity contribution in [3.63, 3.8) is 0 Å². The Bertz CT molecular complexity index is 470. The zero-order valence-electron chi connectivity index (χ0n) is 13.0. The van der Waals surface area contributed by atoms with E-state index in [1.807, 2.05) is 4.90 Å². The van der Waals surface area contributed by atoms with E-state index in [1.165, 1.54) is 11.1 Å². The van der Waals surface area contributed by atoms with Crippen molar-refractivity contribution >= 4 is 5.91 Å². The van der Waals surface area contributed by atoms with Crippen molar-refractivity contribution in [2.45, 2.75) is 52.7 Å². The van der Waals surface area contributed by atoms with Gasteiger partial charge in [-0.25, -0.2) is 0 Å². The van der Waals surface area contributed by atoms with Gasteiger partial charge in [-0.15, -0.1) is 0 Å². The molecule has 1 aliphatic heterocycles. The number of rotatable bonds is 5. The molecule has 3 nitrogen and oxygen atoms in total. The minimum atomic E-state index is -0.0580.